The average molecular weight is 260 g/mol. The largest absolute Gasteiger partial charge is 0.479 e. The molecule has 0 bridgehead atoms. The van der Waals surface area contributed by atoms with Gasteiger partial charge in [-0.05, 0) is 30.5 Å². The molecule has 0 aliphatic rings. The zero-order chi connectivity index (χ0) is 14.1. The van der Waals surface area contributed by atoms with E-state index in [1.54, 1.807) is 0 Å². The van der Waals surface area contributed by atoms with Gasteiger partial charge in [-0.15, -0.1) is 0 Å². The van der Waals surface area contributed by atoms with Crippen molar-refractivity contribution in [3.05, 3.63) is 29.8 Å². The third kappa shape index (κ3) is 5.32. The normalized spacial score (nSPS) is 12.2. The highest BCUT2D eigenvalue weighted by Gasteiger charge is 2.12. The van der Waals surface area contributed by atoms with Crippen molar-refractivity contribution >= 4 is 0 Å². The molecule has 104 valence electrons. The number of nitrogens with one attached hydrogen (secondary N) is 1. The minimum Gasteiger partial charge on any atom is -0.479 e. The average Bonchev–Trinajstić information content (AvgIpc) is 2.44. The van der Waals surface area contributed by atoms with E-state index in [1.807, 2.05) is 24.3 Å². The van der Waals surface area contributed by atoms with Crippen LogP contribution >= 0.6 is 0 Å². The van der Waals surface area contributed by atoms with Gasteiger partial charge in [0.1, 0.15) is 11.8 Å². The Hall–Kier alpha value is -1.53. The van der Waals surface area contributed by atoms with E-state index in [0.717, 1.165) is 18.2 Å². The summed E-state index contributed by atoms with van der Waals surface area (Å²) < 4.78 is 5.30. The summed E-state index contributed by atoms with van der Waals surface area (Å²) in [7, 11) is 0. The predicted octanol–water partition coefficient (Wildman–Crippen LogP) is 3.50. The monoisotopic (exact) mass is 260 g/mol. The van der Waals surface area contributed by atoms with Gasteiger partial charge in [0.25, 0.3) is 0 Å². The fraction of sp³-hybridized carbons (Fsp3) is 0.562. The molecule has 0 aromatic heterocycles. The molecule has 0 fully saturated rings. The van der Waals surface area contributed by atoms with Gasteiger partial charge >= 0.3 is 0 Å². The Kier molecular flexibility index (Phi) is 6.99. The molecule has 0 amide bonds. The van der Waals surface area contributed by atoms with Crippen molar-refractivity contribution in [2.45, 2.75) is 46.2 Å². The molecule has 0 aliphatic carbocycles. The van der Waals surface area contributed by atoms with Crippen molar-refractivity contribution in [1.29, 1.82) is 5.26 Å². The summed E-state index contributed by atoms with van der Waals surface area (Å²) in [5, 5.41) is 12.1. The minimum atomic E-state index is 0.0982. The lowest BCUT2D eigenvalue weighted by Crippen LogP contribution is -2.32. The number of nitrogens with zero attached hydrogens (tertiary/aromatic N) is 1. The Morgan fingerprint density at radius 2 is 2.05 bits per heavy atom. The Labute approximate surface area is 116 Å². The van der Waals surface area contributed by atoms with Crippen LogP contribution < -0.4 is 10.1 Å². The molecule has 0 saturated carbocycles. The summed E-state index contributed by atoms with van der Waals surface area (Å²) in [6.07, 6.45) is 2.41. The highest BCUT2D eigenvalue weighted by Crippen LogP contribution is 2.15. The van der Waals surface area contributed by atoms with Crippen LogP contribution in [0.25, 0.3) is 0 Å². The Bertz CT molecular complexity index is 407. The van der Waals surface area contributed by atoms with E-state index in [2.05, 4.69) is 32.2 Å². The van der Waals surface area contributed by atoms with Crippen molar-refractivity contribution in [3.63, 3.8) is 0 Å². The Morgan fingerprint density at radius 1 is 1.32 bits per heavy atom. The van der Waals surface area contributed by atoms with Gasteiger partial charge < -0.3 is 10.1 Å². The molecule has 1 rings (SSSR count). The summed E-state index contributed by atoms with van der Waals surface area (Å²) in [6.45, 7) is 7.65. The van der Waals surface area contributed by atoms with Crippen molar-refractivity contribution in [1.82, 2.24) is 5.32 Å². The number of hydrogen-bond donors (Lipinski definition) is 1. The number of hydrogen-bond acceptors (Lipinski definition) is 3. The molecule has 1 aromatic rings. The zero-order valence-electron chi connectivity index (χ0n) is 12.1. The van der Waals surface area contributed by atoms with Gasteiger partial charge in [0.05, 0.1) is 0 Å². The zero-order valence-corrected chi connectivity index (χ0v) is 12.1. The first-order valence-corrected chi connectivity index (χ1v) is 7.03. The van der Waals surface area contributed by atoms with Crippen LogP contribution in [0.5, 0.6) is 5.75 Å². The molecular weight excluding hydrogens is 236 g/mol. The maximum absolute atomic E-state index is 8.50. The fourth-order valence-corrected chi connectivity index (χ4v) is 2.30. The van der Waals surface area contributed by atoms with E-state index in [1.165, 1.54) is 18.4 Å². The number of ether oxygens (including phenoxy) is 1. The number of nitriles is 1. The van der Waals surface area contributed by atoms with Crippen LogP contribution in [0.15, 0.2) is 24.3 Å². The van der Waals surface area contributed by atoms with E-state index in [-0.39, 0.29) is 6.61 Å². The first-order valence-electron chi connectivity index (χ1n) is 7.03. The molecule has 19 heavy (non-hydrogen) atoms. The number of benzene rings is 1. The predicted molar refractivity (Wildman–Crippen MR) is 77.9 cm³/mol. The van der Waals surface area contributed by atoms with Gasteiger partial charge in [0, 0.05) is 12.6 Å². The van der Waals surface area contributed by atoms with Gasteiger partial charge in [0.15, 0.2) is 6.61 Å². The minimum absolute atomic E-state index is 0.0982. The van der Waals surface area contributed by atoms with Crippen molar-refractivity contribution < 1.29 is 4.74 Å². The SMILES string of the molecule is CCC(CC)C(C)NCc1cccc(OCC#N)c1. The van der Waals surface area contributed by atoms with E-state index in [9.17, 15) is 0 Å². The topological polar surface area (TPSA) is 45.0 Å². The summed E-state index contributed by atoms with van der Waals surface area (Å²) >= 11 is 0. The van der Waals surface area contributed by atoms with E-state index < -0.39 is 0 Å². The molecule has 0 saturated heterocycles. The second kappa shape index (κ2) is 8.55. The summed E-state index contributed by atoms with van der Waals surface area (Å²) in [5.41, 5.74) is 1.19. The standard InChI is InChI=1S/C16H24N2O/c1-4-15(5-2)13(3)18-12-14-7-6-8-16(11-14)19-10-9-17/h6-8,11,13,15,18H,4-5,10,12H2,1-3H3. The Morgan fingerprint density at radius 3 is 2.68 bits per heavy atom. The van der Waals surface area contributed by atoms with Crippen LogP contribution in [0.2, 0.25) is 0 Å². The van der Waals surface area contributed by atoms with E-state index >= 15 is 0 Å². The molecule has 1 aromatic carbocycles. The maximum Gasteiger partial charge on any atom is 0.174 e. The van der Waals surface area contributed by atoms with Gasteiger partial charge in [-0.1, -0.05) is 38.8 Å². The van der Waals surface area contributed by atoms with Gasteiger partial charge in [0.2, 0.25) is 0 Å². The van der Waals surface area contributed by atoms with Crippen molar-refractivity contribution in [3.8, 4) is 11.8 Å². The highest BCUT2D eigenvalue weighted by molar-refractivity contribution is 5.28. The van der Waals surface area contributed by atoms with Gasteiger partial charge in [-0.25, -0.2) is 0 Å². The molecule has 0 aliphatic heterocycles. The number of rotatable bonds is 8. The van der Waals surface area contributed by atoms with Crippen LogP contribution in [0.1, 0.15) is 39.2 Å². The third-order valence-corrected chi connectivity index (χ3v) is 3.59. The van der Waals surface area contributed by atoms with E-state index in [4.69, 9.17) is 10.00 Å². The maximum atomic E-state index is 8.50. The molecule has 0 radical (unpaired) electrons. The van der Waals surface area contributed by atoms with Crippen molar-refractivity contribution in [2.75, 3.05) is 6.61 Å². The molecule has 1 atom stereocenters. The molecule has 0 spiro atoms. The van der Waals surface area contributed by atoms with Crippen LogP contribution in [-0.4, -0.2) is 12.6 Å². The molecule has 3 heteroatoms. The van der Waals surface area contributed by atoms with Gasteiger partial charge in [-0.2, -0.15) is 5.26 Å². The lowest BCUT2D eigenvalue weighted by atomic mass is 9.95. The highest BCUT2D eigenvalue weighted by atomic mass is 16.5. The van der Waals surface area contributed by atoms with Gasteiger partial charge in [-0.3, -0.25) is 0 Å². The third-order valence-electron chi connectivity index (χ3n) is 3.59. The second-order valence-corrected chi connectivity index (χ2v) is 4.84. The molecular formula is C16H24N2O. The van der Waals surface area contributed by atoms with Crippen LogP contribution in [0.3, 0.4) is 0 Å². The molecule has 1 N–H and O–H groups in total. The lowest BCUT2D eigenvalue weighted by molar-refractivity contribution is 0.351. The second-order valence-electron chi connectivity index (χ2n) is 4.84. The van der Waals surface area contributed by atoms with Crippen molar-refractivity contribution in [2.24, 2.45) is 5.92 Å². The smallest absolute Gasteiger partial charge is 0.174 e. The lowest BCUT2D eigenvalue weighted by Gasteiger charge is -2.22. The first kappa shape index (κ1) is 15.5. The van der Waals surface area contributed by atoms with Crippen LogP contribution in [-0.2, 0) is 6.54 Å². The van der Waals surface area contributed by atoms with E-state index in [0.29, 0.717) is 6.04 Å². The fourth-order valence-electron chi connectivity index (χ4n) is 2.30. The van der Waals surface area contributed by atoms with Crippen LogP contribution in [0, 0.1) is 17.2 Å². The summed E-state index contributed by atoms with van der Waals surface area (Å²) in [4.78, 5) is 0. The molecule has 1 unspecified atom stereocenters. The molecule has 0 heterocycles. The van der Waals surface area contributed by atoms with Crippen LogP contribution in [0.4, 0.5) is 0 Å². The summed E-state index contributed by atoms with van der Waals surface area (Å²) in [5.74, 6) is 1.48. The molecule has 3 nitrogen and oxygen atoms in total. The first-order chi connectivity index (χ1) is 9.21. The quantitative estimate of drug-likeness (QED) is 0.778. The Balaban J connectivity index is 2.51. The summed E-state index contributed by atoms with van der Waals surface area (Å²) in [6, 6.07) is 10.4.